The predicted molar refractivity (Wildman–Crippen MR) is 116 cm³/mol. The summed E-state index contributed by atoms with van der Waals surface area (Å²) in [5.74, 6) is 1.27. The van der Waals surface area contributed by atoms with Gasteiger partial charge in [-0.05, 0) is 24.3 Å². The molecule has 3 aromatic rings. The number of anilines is 2. The molecule has 1 unspecified atom stereocenters. The lowest BCUT2D eigenvalue weighted by molar-refractivity contribution is -0.0783. The number of aromatic nitrogens is 2. The number of methoxy groups -OCH3 is 1. The van der Waals surface area contributed by atoms with Crippen molar-refractivity contribution < 1.29 is 24.1 Å². The Morgan fingerprint density at radius 2 is 2.06 bits per heavy atom. The number of carboxylic acid groups (broad SMARTS) is 1. The molecule has 9 nitrogen and oxygen atoms in total. The molecule has 0 bridgehead atoms. The van der Waals surface area contributed by atoms with Crippen LogP contribution in [0.25, 0.3) is 10.9 Å². The molecule has 11 heteroatoms. The zero-order valence-corrected chi connectivity index (χ0v) is 17.9. The van der Waals surface area contributed by atoms with E-state index in [1.54, 1.807) is 30.3 Å². The van der Waals surface area contributed by atoms with Crippen LogP contribution in [-0.2, 0) is 4.74 Å². The second-order valence-electron chi connectivity index (χ2n) is 6.62. The zero-order valence-electron chi connectivity index (χ0n) is 16.3. The Bertz CT molecular complexity index is 1130. The first kappa shape index (κ1) is 21.2. The average Bonchev–Trinajstić information content (AvgIpc) is 2.76. The van der Waals surface area contributed by atoms with Gasteiger partial charge in [0, 0.05) is 17.1 Å². The molecule has 1 saturated heterocycles. The molecule has 1 aromatic heterocycles. The van der Waals surface area contributed by atoms with Crippen LogP contribution in [0.4, 0.5) is 16.3 Å². The van der Waals surface area contributed by atoms with Crippen molar-refractivity contribution in [3.8, 4) is 11.5 Å². The minimum absolute atomic E-state index is 0.112. The third-order valence-electron chi connectivity index (χ3n) is 4.70. The largest absolute Gasteiger partial charge is 0.493 e. The molecule has 0 aliphatic carbocycles. The highest BCUT2D eigenvalue weighted by Crippen LogP contribution is 2.36. The fourth-order valence-electron chi connectivity index (χ4n) is 3.17. The number of carbonyl (C=O) groups is 1. The number of hydrogen-bond acceptors (Lipinski definition) is 7. The van der Waals surface area contributed by atoms with Crippen molar-refractivity contribution >= 4 is 51.7 Å². The third kappa shape index (κ3) is 4.53. The van der Waals surface area contributed by atoms with Gasteiger partial charge in [0.25, 0.3) is 0 Å². The number of fused-ring (bicyclic) bond motifs is 1. The van der Waals surface area contributed by atoms with E-state index >= 15 is 0 Å². The molecule has 0 spiro atoms. The Morgan fingerprint density at radius 1 is 1.23 bits per heavy atom. The Morgan fingerprint density at radius 3 is 2.81 bits per heavy atom. The molecule has 162 valence electrons. The maximum absolute atomic E-state index is 11.5. The maximum atomic E-state index is 11.5. The van der Waals surface area contributed by atoms with Gasteiger partial charge < -0.3 is 24.6 Å². The quantitative estimate of drug-likeness (QED) is 0.571. The van der Waals surface area contributed by atoms with E-state index in [1.165, 1.54) is 18.3 Å². The summed E-state index contributed by atoms with van der Waals surface area (Å²) >= 11 is 12.1. The zero-order chi connectivity index (χ0) is 22.0. The van der Waals surface area contributed by atoms with Gasteiger partial charge in [-0.1, -0.05) is 23.2 Å². The van der Waals surface area contributed by atoms with E-state index < -0.39 is 12.3 Å². The van der Waals surface area contributed by atoms with Crippen LogP contribution >= 0.6 is 23.2 Å². The molecule has 1 aliphatic heterocycles. The molecular weight excluding hydrogens is 447 g/mol. The molecular formula is C20H18Cl2N4O5. The molecule has 2 aromatic carbocycles. The van der Waals surface area contributed by atoms with Gasteiger partial charge in [0.1, 0.15) is 18.8 Å². The van der Waals surface area contributed by atoms with Crippen molar-refractivity contribution in [2.75, 3.05) is 32.2 Å². The second-order valence-corrected chi connectivity index (χ2v) is 7.43. The lowest BCUT2D eigenvalue weighted by Crippen LogP contribution is -2.51. The van der Waals surface area contributed by atoms with Gasteiger partial charge in [-0.3, -0.25) is 4.90 Å². The van der Waals surface area contributed by atoms with E-state index in [4.69, 9.17) is 37.4 Å². The summed E-state index contributed by atoms with van der Waals surface area (Å²) in [6.45, 7) is 0.648. The summed E-state index contributed by atoms with van der Waals surface area (Å²) in [4.78, 5) is 21.3. The molecule has 0 saturated carbocycles. The molecule has 2 heterocycles. The summed E-state index contributed by atoms with van der Waals surface area (Å²) in [7, 11) is 1.50. The number of rotatable bonds is 5. The standard InChI is InChI=1S/C20H18Cl2N4O5/c1-29-16-7-12-15(8-17(16)31-18-9-30-5-4-26(18)20(27)28)23-10-24-19(12)25-11-2-3-13(21)14(22)6-11/h2-3,6-8,10,18H,4-5,9H2,1H3,(H,27,28)(H,23,24,25). The number of morpholine rings is 1. The van der Waals surface area contributed by atoms with Crippen molar-refractivity contribution in [2.24, 2.45) is 0 Å². The van der Waals surface area contributed by atoms with Crippen molar-refractivity contribution in [2.45, 2.75) is 6.23 Å². The Labute approximate surface area is 187 Å². The van der Waals surface area contributed by atoms with Gasteiger partial charge in [-0.2, -0.15) is 0 Å². The number of halogens is 2. The van der Waals surface area contributed by atoms with Crippen LogP contribution in [0.2, 0.25) is 10.0 Å². The lowest BCUT2D eigenvalue weighted by Gasteiger charge is -2.33. The molecule has 1 fully saturated rings. The fraction of sp³-hybridized carbons (Fsp3) is 0.250. The lowest BCUT2D eigenvalue weighted by atomic mass is 10.2. The second kappa shape index (κ2) is 9.01. The first-order valence-electron chi connectivity index (χ1n) is 9.25. The van der Waals surface area contributed by atoms with Crippen molar-refractivity contribution in [3.63, 3.8) is 0 Å². The topological polar surface area (TPSA) is 106 Å². The number of nitrogens with one attached hydrogen (secondary N) is 1. The molecule has 4 rings (SSSR count). The van der Waals surface area contributed by atoms with Gasteiger partial charge >= 0.3 is 6.09 Å². The number of nitrogens with zero attached hydrogens (tertiary/aromatic N) is 3. The van der Waals surface area contributed by atoms with Crippen molar-refractivity contribution in [1.82, 2.24) is 14.9 Å². The van der Waals surface area contributed by atoms with Gasteiger partial charge in [-0.25, -0.2) is 14.8 Å². The first-order valence-corrected chi connectivity index (χ1v) is 10.0. The molecule has 2 N–H and O–H groups in total. The van der Waals surface area contributed by atoms with E-state index in [0.29, 0.717) is 50.6 Å². The minimum Gasteiger partial charge on any atom is -0.493 e. The number of hydrogen-bond donors (Lipinski definition) is 2. The monoisotopic (exact) mass is 464 g/mol. The van der Waals surface area contributed by atoms with E-state index in [0.717, 1.165) is 0 Å². The highest BCUT2D eigenvalue weighted by molar-refractivity contribution is 6.42. The molecule has 1 atom stereocenters. The highest BCUT2D eigenvalue weighted by atomic mass is 35.5. The van der Waals surface area contributed by atoms with Crippen LogP contribution in [-0.4, -0.2) is 59.2 Å². The van der Waals surface area contributed by atoms with E-state index in [-0.39, 0.29) is 13.2 Å². The van der Waals surface area contributed by atoms with E-state index in [1.807, 2.05) is 0 Å². The van der Waals surface area contributed by atoms with Crippen molar-refractivity contribution in [1.29, 1.82) is 0 Å². The highest BCUT2D eigenvalue weighted by Gasteiger charge is 2.29. The van der Waals surface area contributed by atoms with Crippen LogP contribution in [0, 0.1) is 0 Å². The predicted octanol–water partition coefficient (Wildman–Crippen LogP) is 4.40. The molecule has 1 aliphatic rings. The smallest absolute Gasteiger partial charge is 0.410 e. The minimum atomic E-state index is -1.08. The summed E-state index contributed by atoms with van der Waals surface area (Å²) < 4.78 is 16.8. The van der Waals surface area contributed by atoms with E-state index in [2.05, 4.69) is 15.3 Å². The van der Waals surface area contributed by atoms with Gasteiger partial charge in [0.15, 0.2) is 11.5 Å². The number of ether oxygens (including phenoxy) is 3. The van der Waals surface area contributed by atoms with Gasteiger partial charge in [-0.15, -0.1) is 0 Å². The fourth-order valence-corrected chi connectivity index (χ4v) is 3.47. The van der Waals surface area contributed by atoms with Crippen LogP contribution < -0.4 is 14.8 Å². The van der Waals surface area contributed by atoms with Crippen LogP contribution in [0.3, 0.4) is 0 Å². The maximum Gasteiger partial charge on any atom is 0.410 e. The summed E-state index contributed by atoms with van der Waals surface area (Å²) in [5.41, 5.74) is 1.28. The molecule has 1 amide bonds. The van der Waals surface area contributed by atoms with E-state index in [9.17, 15) is 9.90 Å². The summed E-state index contributed by atoms with van der Waals surface area (Å²) in [6.07, 6.45) is -0.470. The Balaban J connectivity index is 1.68. The van der Waals surface area contributed by atoms with Crippen LogP contribution in [0.1, 0.15) is 0 Å². The van der Waals surface area contributed by atoms with Crippen LogP contribution in [0.15, 0.2) is 36.7 Å². The van der Waals surface area contributed by atoms with Crippen molar-refractivity contribution in [3.05, 3.63) is 46.7 Å². The first-order chi connectivity index (χ1) is 15.0. The Kier molecular flexibility index (Phi) is 6.17. The molecule has 0 radical (unpaired) electrons. The van der Waals surface area contributed by atoms with Crippen LogP contribution in [0.5, 0.6) is 11.5 Å². The number of benzene rings is 2. The summed E-state index contributed by atoms with van der Waals surface area (Å²) in [6, 6.07) is 8.54. The Hall–Kier alpha value is -3.01. The normalized spacial score (nSPS) is 16.2. The molecule has 31 heavy (non-hydrogen) atoms. The average molecular weight is 465 g/mol. The third-order valence-corrected chi connectivity index (χ3v) is 5.44. The van der Waals surface area contributed by atoms with Gasteiger partial charge in [0.05, 0.1) is 35.8 Å². The van der Waals surface area contributed by atoms with Gasteiger partial charge in [0.2, 0.25) is 6.23 Å². The SMILES string of the molecule is COc1cc2c(Nc3ccc(Cl)c(Cl)c3)ncnc2cc1OC1COCCN1C(=O)O. The summed E-state index contributed by atoms with van der Waals surface area (Å²) in [5, 5.41) is 14.1. The number of amides is 1.